The van der Waals surface area contributed by atoms with Crippen molar-refractivity contribution < 1.29 is 24.2 Å². The van der Waals surface area contributed by atoms with Crippen LogP contribution in [-0.2, 0) is 9.59 Å². The molecule has 4 N–H and O–H groups in total. The number of carbonyl (C=O) groups is 3. The van der Waals surface area contributed by atoms with Gasteiger partial charge in [0.1, 0.15) is 18.1 Å². The molecule has 0 bridgehead atoms. The minimum atomic E-state index is -1.05. The minimum Gasteiger partial charge on any atom is -0.480 e. The number of ether oxygens (including phenoxy) is 1. The fourth-order valence-electron chi connectivity index (χ4n) is 2.91. The predicted octanol–water partition coefficient (Wildman–Crippen LogP) is 3.31. The van der Waals surface area contributed by atoms with Crippen LogP contribution in [-0.4, -0.2) is 46.8 Å². The fraction of sp³-hybridized carbons (Fsp3) is 0.250. The molecule has 0 atom stereocenters. The van der Waals surface area contributed by atoms with Gasteiger partial charge in [0, 0.05) is 17.7 Å². The van der Waals surface area contributed by atoms with E-state index in [4.69, 9.17) is 21.0 Å². The highest BCUT2D eigenvalue weighted by molar-refractivity contribution is 5.99. The summed E-state index contributed by atoms with van der Waals surface area (Å²) < 4.78 is 5.32. The normalized spacial score (nSPS) is 11.0. The molecule has 168 valence electrons. The quantitative estimate of drug-likeness (QED) is 0.172. The molecule has 0 aliphatic rings. The van der Waals surface area contributed by atoms with Crippen molar-refractivity contribution in [1.29, 1.82) is 5.41 Å². The molecule has 0 saturated heterocycles. The highest BCUT2D eigenvalue weighted by Gasteiger charge is 2.18. The van der Waals surface area contributed by atoms with E-state index in [-0.39, 0.29) is 18.3 Å². The first kappa shape index (κ1) is 24.3. The summed E-state index contributed by atoms with van der Waals surface area (Å²) in [5.74, 6) is -1.68. The van der Waals surface area contributed by atoms with Crippen LogP contribution in [0, 0.1) is 5.41 Å². The van der Waals surface area contributed by atoms with Crippen LogP contribution in [0.4, 0.5) is 0 Å². The Morgan fingerprint density at radius 1 is 1.06 bits per heavy atom. The maximum absolute atomic E-state index is 12.6. The summed E-state index contributed by atoms with van der Waals surface area (Å²) in [4.78, 5) is 37.4. The molecule has 0 saturated carbocycles. The second-order valence-electron chi connectivity index (χ2n) is 7.25. The lowest BCUT2D eigenvalue weighted by atomic mass is 10.1. The number of nitrogen functional groups attached to an aromatic ring is 1. The summed E-state index contributed by atoms with van der Waals surface area (Å²) in [6.07, 6.45) is 3.23. The number of hydrogen-bond acceptors (Lipinski definition) is 5. The number of carbonyl (C=O) groups excluding carboxylic acids is 2. The molecule has 2 rings (SSSR count). The van der Waals surface area contributed by atoms with Crippen molar-refractivity contribution in [3.8, 4) is 5.75 Å². The summed E-state index contributed by atoms with van der Waals surface area (Å²) in [7, 11) is 0. The summed E-state index contributed by atoms with van der Waals surface area (Å²) in [5.41, 5.74) is 7.37. The number of unbranched alkanes of at least 4 members (excludes halogenated alkanes) is 1. The molecular formula is C24H27N3O5. The lowest BCUT2D eigenvalue weighted by Gasteiger charge is -2.20. The molecule has 0 aromatic heterocycles. The lowest BCUT2D eigenvalue weighted by molar-refractivity contribution is -0.143. The van der Waals surface area contributed by atoms with E-state index in [1.54, 1.807) is 61.5 Å². The number of carboxylic acid groups (broad SMARTS) is 1. The number of aliphatic carboxylic acids is 1. The van der Waals surface area contributed by atoms with Gasteiger partial charge in [-0.15, -0.1) is 0 Å². The summed E-state index contributed by atoms with van der Waals surface area (Å²) in [6.45, 7) is 3.64. The molecule has 1 amide bonds. The van der Waals surface area contributed by atoms with Gasteiger partial charge in [-0.1, -0.05) is 25.5 Å². The number of carboxylic acids is 1. The molecule has 0 spiro atoms. The van der Waals surface area contributed by atoms with Crippen LogP contribution in [0.1, 0.15) is 48.2 Å². The minimum absolute atomic E-state index is 0.0725. The molecule has 2 aromatic carbocycles. The van der Waals surface area contributed by atoms with Gasteiger partial charge in [0.2, 0.25) is 5.91 Å². The van der Waals surface area contributed by atoms with Gasteiger partial charge in [0.15, 0.2) is 0 Å². The number of esters is 1. The van der Waals surface area contributed by atoms with Crippen LogP contribution in [0.5, 0.6) is 5.75 Å². The summed E-state index contributed by atoms with van der Waals surface area (Å²) >= 11 is 0. The maximum atomic E-state index is 12.6. The van der Waals surface area contributed by atoms with Gasteiger partial charge in [-0.3, -0.25) is 15.0 Å². The van der Waals surface area contributed by atoms with Crippen molar-refractivity contribution in [1.82, 2.24) is 4.90 Å². The molecule has 0 unspecified atom stereocenters. The third kappa shape index (κ3) is 7.09. The van der Waals surface area contributed by atoms with Crippen molar-refractivity contribution in [3.05, 3.63) is 70.8 Å². The molecule has 2 aromatic rings. The van der Waals surface area contributed by atoms with Gasteiger partial charge in [-0.2, -0.15) is 0 Å². The van der Waals surface area contributed by atoms with Gasteiger partial charge in [0.05, 0.1) is 5.56 Å². The summed E-state index contributed by atoms with van der Waals surface area (Å²) in [6, 6.07) is 12.8. The number of nitrogens with zero attached hydrogens (tertiary/aromatic N) is 1. The van der Waals surface area contributed by atoms with E-state index in [0.717, 1.165) is 12.8 Å². The number of nitrogens with one attached hydrogen (secondary N) is 1. The van der Waals surface area contributed by atoms with Crippen LogP contribution in [0.2, 0.25) is 0 Å². The SMILES string of the molecule is CCCCN(CC(=O)O)C(=O)/C(C)=C/c1ccc(C(=O)Oc2ccc(C(=N)N)cc2)cc1. The van der Waals surface area contributed by atoms with Gasteiger partial charge in [-0.25, -0.2) is 4.79 Å². The molecule has 0 heterocycles. The largest absolute Gasteiger partial charge is 0.480 e. The lowest BCUT2D eigenvalue weighted by Crippen LogP contribution is -2.36. The number of amides is 1. The van der Waals surface area contributed by atoms with Crippen molar-refractivity contribution in [2.45, 2.75) is 26.7 Å². The van der Waals surface area contributed by atoms with E-state index in [2.05, 4.69) is 0 Å². The van der Waals surface area contributed by atoms with Crippen molar-refractivity contribution in [2.75, 3.05) is 13.1 Å². The van der Waals surface area contributed by atoms with E-state index < -0.39 is 11.9 Å². The van der Waals surface area contributed by atoms with E-state index in [1.165, 1.54) is 4.90 Å². The second-order valence-corrected chi connectivity index (χ2v) is 7.25. The van der Waals surface area contributed by atoms with Crippen LogP contribution < -0.4 is 10.5 Å². The molecule has 8 nitrogen and oxygen atoms in total. The number of benzene rings is 2. The average molecular weight is 437 g/mol. The second kappa shape index (κ2) is 11.5. The van der Waals surface area contributed by atoms with E-state index in [0.29, 0.717) is 34.6 Å². The first-order valence-electron chi connectivity index (χ1n) is 10.2. The van der Waals surface area contributed by atoms with Crippen molar-refractivity contribution >= 4 is 29.8 Å². The molecule has 0 aliphatic heterocycles. The Hall–Kier alpha value is -3.94. The molecule has 0 radical (unpaired) electrons. The van der Waals surface area contributed by atoms with E-state index in [9.17, 15) is 14.4 Å². The van der Waals surface area contributed by atoms with E-state index in [1.807, 2.05) is 6.92 Å². The highest BCUT2D eigenvalue weighted by atomic mass is 16.5. The van der Waals surface area contributed by atoms with Crippen LogP contribution in [0.15, 0.2) is 54.1 Å². The fourth-order valence-corrected chi connectivity index (χ4v) is 2.91. The third-order valence-corrected chi connectivity index (χ3v) is 4.64. The molecule has 32 heavy (non-hydrogen) atoms. The number of amidine groups is 1. The Labute approximate surface area is 186 Å². The summed E-state index contributed by atoms with van der Waals surface area (Å²) in [5, 5.41) is 16.4. The zero-order valence-corrected chi connectivity index (χ0v) is 18.1. The van der Waals surface area contributed by atoms with Crippen LogP contribution >= 0.6 is 0 Å². The first-order chi connectivity index (χ1) is 15.2. The Bertz CT molecular complexity index is 1010. The number of hydrogen-bond donors (Lipinski definition) is 3. The molecule has 0 fully saturated rings. The Morgan fingerprint density at radius 3 is 2.19 bits per heavy atom. The van der Waals surface area contributed by atoms with Gasteiger partial charge >= 0.3 is 11.9 Å². The van der Waals surface area contributed by atoms with E-state index >= 15 is 0 Å². The topological polar surface area (TPSA) is 134 Å². The van der Waals surface area contributed by atoms with Crippen LogP contribution in [0.3, 0.4) is 0 Å². The molecule has 0 aliphatic carbocycles. The van der Waals surface area contributed by atoms with Gasteiger partial charge < -0.3 is 20.5 Å². The number of rotatable bonds is 10. The standard InChI is InChI=1S/C24H27N3O5/c1-3-4-13-27(15-21(28)29)23(30)16(2)14-17-5-7-19(8-6-17)24(31)32-20-11-9-18(10-12-20)22(25)26/h5-12,14H,3-4,13,15H2,1-2H3,(H3,25,26)(H,28,29)/b16-14+. The molecular weight excluding hydrogens is 410 g/mol. The Balaban J connectivity index is 2.07. The van der Waals surface area contributed by atoms with Gasteiger partial charge in [0.25, 0.3) is 0 Å². The van der Waals surface area contributed by atoms with Crippen molar-refractivity contribution in [3.63, 3.8) is 0 Å². The Kier molecular flexibility index (Phi) is 8.71. The molecule has 8 heteroatoms. The third-order valence-electron chi connectivity index (χ3n) is 4.64. The Morgan fingerprint density at radius 2 is 1.66 bits per heavy atom. The predicted molar refractivity (Wildman–Crippen MR) is 122 cm³/mol. The van der Waals surface area contributed by atoms with Crippen molar-refractivity contribution in [2.24, 2.45) is 5.73 Å². The monoisotopic (exact) mass is 437 g/mol. The highest BCUT2D eigenvalue weighted by Crippen LogP contribution is 2.16. The van der Waals surface area contributed by atoms with Gasteiger partial charge in [-0.05, 0) is 61.4 Å². The average Bonchev–Trinajstić information content (AvgIpc) is 2.76. The zero-order valence-electron chi connectivity index (χ0n) is 18.1. The number of nitrogens with two attached hydrogens (primary N) is 1. The first-order valence-corrected chi connectivity index (χ1v) is 10.2. The maximum Gasteiger partial charge on any atom is 0.343 e. The smallest absolute Gasteiger partial charge is 0.343 e. The van der Waals surface area contributed by atoms with Crippen LogP contribution in [0.25, 0.3) is 6.08 Å². The zero-order chi connectivity index (χ0) is 23.7.